The van der Waals surface area contributed by atoms with Gasteiger partial charge in [0.05, 0.1) is 6.61 Å². The number of hydrogen-bond acceptors (Lipinski definition) is 4. The molecular weight excluding hydrogens is 333 g/mol. The van der Waals surface area contributed by atoms with Crippen molar-refractivity contribution in [1.82, 2.24) is 0 Å². The van der Waals surface area contributed by atoms with E-state index in [-0.39, 0.29) is 12.4 Å². The van der Waals surface area contributed by atoms with Gasteiger partial charge in [-0.15, -0.1) is 0 Å². The Morgan fingerprint density at radius 2 is 1.72 bits per heavy atom. The van der Waals surface area contributed by atoms with E-state index in [0.717, 1.165) is 37.9 Å². The summed E-state index contributed by atoms with van der Waals surface area (Å²) in [6, 6.07) is 8.02. The zero-order chi connectivity index (χ0) is 18.5. The van der Waals surface area contributed by atoms with Crippen molar-refractivity contribution in [2.75, 3.05) is 19.1 Å². The van der Waals surface area contributed by atoms with Gasteiger partial charge in [0, 0.05) is 12.2 Å². The number of benzene rings is 1. The van der Waals surface area contributed by atoms with Gasteiger partial charge in [-0.05, 0) is 43.9 Å². The molecular formula is C20H36NO3P. The maximum atomic E-state index is 13.1. The molecule has 0 aliphatic heterocycles. The molecule has 25 heavy (non-hydrogen) atoms. The Bertz CT molecular complexity index is 502. The predicted molar refractivity (Wildman–Crippen MR) is 107 cm³/mol. The molecule has 1 aromatic rings. The van der Waals surface area contributed by atoms with Crippen molar-refractivity contribution in [2.24, 2.45) is 5.73 Å². The van der Waals surface area contributed by atoms with Crippen LogP contribution in [0.1, 0.15) is 64.9 Å². The molecule has 0 heterocycles. The van der Waals surface area contributed by atoms with E-state index in [0.29, 0.717) is 12.8 Å². The van der Waals surface area contributed by atoms with Crippen molar-refractivity contribution in [3.63, 3.8) is 0 Å². The molecule has 1 unspecified atom stereocenters. The van der Waals surface area contributed by atoms with Crippen molar-refractivity contribution in [3.05, 3.63) is 29.8 Å². The van der Waals surface area contributed by atoms with Crippen LogP contribution in [0.15, 0.2) is 24.3 Å². The second kappa shape index (κ2) is 12.5. The average Bonchev–Trinajstić information content (AvgIpc) is 2.58. The predicted octanol–water partition coefficient (Wildman–Crippen LogP) is 5.59. The SMILES string of the molecule is CCCCCC[P@](=O)(COc1ccc(CC(C)N)cc1)OCCCC. The molecule has 0 spiro atoms. The number of unbranched alkanes of at least 4 members (excludes halogenated alkanes) is 4. The normalized spacial score (nSPS) is 14.9. The maximum absolute atomic E-state index is 13.1. The van der Waals surface area contributed by atoms with E-state index < -0.39 is 7.37 Å². The summed E-state index contributed by atoms with van der Waals surface area (Å²) < 4.78 is 24.6. The maximum Gasteiger partial charge on any atom is 0.239 e. The smallest absolute Gasteiger partial charge is 0.239 e. The lowest BCUT2D eigenvalue weighted by Gasteiger charge is -2.19. The van der Waals surface area contributed by atoms with E-state index in [1.807, 2.05) is 31.2 Å². The van der Waals surface area contributed by atoms with Gasteiger partial charge < -0.3 is 15.0 Å². The Morgan fingerprint density at radius 1 is 1.04 bits per heavy atom. The molecule has 4 nitrogen and oxygen atoms in total. The summed E-state index contributed by atoms with van der Waals surface area (Å²) in [5.41, 5.74) is 7.00. The third-order valence-corrected chi connectivity index (χ3v) is 6.26. The molecule has 0 aromatic heterocycles. The molecule has 1 aromatic carbocycles. The van der Waals surface area contributed by atoms with Crippen LogP contribution < -0.4 is 10.5 Å². The zero-order valence-corrected chi connectivity index (χ0v) is 17.1. The fourth-order valence-corrected chi connectivity index (χ4v) is 4.43. The second-order valence-corrected chi connectivity index (χ2v) is 9.48. The molecule has 0 aliphatic rings. The minimum atomic E-state index is -2.73. The van der Waals surface area contributed by atoms with Crippen LogP contribution in [0.5, 0.6) is 5.75 Å². The molecule has 0 bridgehead atoms. The summed E-state index contributed by atoms with van der Waals surface area (Å²) in [6.45, 7) is 6.83. The van der Waals surface area contributed by atoms with Gasteiger partial charge in [-0.25, -0.2) is 0 Å². The molecule has 2 N–H and O–H groups in total. The standard InChI is InChI=1S/C20H36NO3P/c1-4-6-8-9-15-25(22,24-14-7-5-2)17-23-20-12-10-19(11-13-20)16-18(3)21/h10-13,18H,4-9,14-17,21H2,1-3H3/t18?,25-/m1/s1. The molecule has 0 amide bonds. The lowest BCUT2D eigenvalue weighted by Crippen LogP contribution is -2.17. The Labute approximate surface area is 153 Å². The van der Waals surface area contributed by atoms with Crippen LogP contribution in [0, 0.1) is 0 Å². The lowest BCUT2D eigenvalue weighted by molar-refractivity contribution is 0.275. The van der Waals surface area contributed by atoms with E-state index in [4.69, 9.17) is 15.0 Å². The van der Waals surface area contributed by atoms with Crippen LogP contribution in [0.25, 0.3) is 0 Å². The molecule has 0 saturated heterocycles. The number of rotatable bonds is 14. The fourth-order valence-electron chi connectivity index (χ4n) is 2.59. The minimum Gasteiger partial charge on any atom is -0.484 e. The molecule has 144 valence electrons. The molecule has 5 heteroatoms. The molecule has 0 fully saturated rings. The first-order valence-electron chi connectivity index (χ1n) is 9.69. The zero-order valence-electron chi connectivity index (χ0n) is 16.2. The Kier molecular flexibility index (Phi) is 11.1. The van der Waals surface area contributed by atoms with Gasteiger partial charge in [-0.3, -0.25) is 4.57 Å². The quantitative estimate of drug-likeness (QED) is 0.343. The van der Waals surface area contributed by atoms with Gasteiger partial charge in [0.25, 0.3) is 0 Å². The van der Waals surface area contributed by atoms with E-state index in [1.54, 1.807) is 0 Å². The van der Waals surface area contributed by atoms with Crippen molar-refractivity contribution >= 4 is 7.37 Å². The molecule has 1 rings (SSSR count). The van der Waals surface area contributed by atoms with Crippen LogP contribution in [-0.2, 0) is 15.5 Å². The molecule has 0 radical (unpaired) electrons. The summed E-state index contributed by atoms with van der Waals surface area (Å²) >= 11 is 0. The van der Waals surface area contributed by atoms with Crippen LogP contribution >= 0.6 is 7.37 Å². The highest BCUT2D eigenvalue weighted by molar-refractivity contribution is 7.58. The molecule has 2 atom stereocenters. The number of hydrogen-bond donors (Lipinski definition) is 1. The summed E-state index contributed by atoms with van der Waals surface area (Å²) in [5, 5.41) is 0. The Balaban J connectivity index is 2.55. The highest BCUT2D eigenvalue weighted by Gasteiger charge is 2.23. The summed E-state index contributed by atoms with van der Waals surface area (Å²) in [6.07, 6.45) is 7.98. The van der Waals surface area contributed by atoms with E-state index in [1.165, 1.54) is 18.4 Å². The first-order chi connectivity index (χ1) is 12.0. The fraction of sp³-hybridized carbons (Fsp3) is 0.700. The Morgan fingerprint density at radius 3 is 2.32 bits per heavy atom. The van der Waals surface area contributed by atoms with Crippen molar-refractivity contribution < 1.29 is 13.8 Å². The highest BCUT2D eigenvalue weighted by Crippen LogP contribution is 2.48. The first-order valence-corrected chi connectivity index (χ1v) is 11.7. The molecule has 0 saturated carbocycles. The van der Waals surface area contributed by atoms with Crippen LogP contribution in [0.2, 0.25) is 0 Å². The highest BCUT2D eigenvalue weighted by atomic mass is 31.2. The van der Waals surface area contributed by atoms with E-state index in [2.05, 4.69) is 13.8 Å². The minimum absolute atomic E-state index is 0.141. The molecule has 0 aliphatic carbocycles. The van der Waals surface area contributed by atoms with Gasteiger partial charge in [0.1, 0.15) is 5.75 Å². The van der Waals surface area contributed by atoms with Crippen molar-refractivity contribution in [1.29, 1.82) is 0 Å². The van der Waals surface area contributed by atoms with Gasteiger partial charge >= 0.3 is 0 Å². The third kappa shape index (κ3) is 10.0. The van der Waals surface area contributed by atoms with Gasteiger partial charge in [-0.1, -0.05) is 51.7 Å². The second-order valence-electron chi connectivity index (χ2n) is 6.88. The van der Waals surface area contributed by atoms with Crippen LogP contribution in [0.4, 0.5) is 0 Å². The summed E-state index contributed by atoms with van der Waals surface area (Å²) in [7, 11) is -2.73. The summed E-state index contributed by atoms with van der Waals surface area (Å²) in [5.74, 6) is 0.737. The topological polar surface area (TPSA) is 61.5 Å². The first kappa shape index (κ1) is 22.2. The third-order valence-electron chi connectivity index (χ3n) is 4.09. The van der Waals surface area contributed by atoms with Crippen molar-refractivity contribution in [2.45, 2.75) is 71.8 Å². The largest absolute Gasteiger partial charge is 0.484 e. The van der Waals surface area contributed by atoms with Gasteiger partial charge in [0.2, 0.25) is 7.37 Å². The Hall–Kier alpha value is -0.830. The lowest BCUT2D eigenvalue weighted by atomic mass is 10.1. The number of nitrogens with two attached hydrogens (primary N) is 1. The number of ether oxygens (including phenoxy) is 1. The monoisotopic (exact) mass is 369 g/mol. The summed E-state index contributed by atoms with van der Waals surface area (Å²) in [4.78, 5) is 0. The van der Waals surface area contributed by atoms with E-state index in [9.17, 15) is 4.57 Å². The average molecular weight is 369 g/mol. The van der Waals surface area contributed by atoms with Crippen LogP contribution in [-0.4, -0.2) is 25.2 Å². The van der Waals surface area contributed by atoms with Gasteiger partial charge in [-0.2, -0.15) is 0 Å². The van der Waals surface area contributed by atoms with Crippen molar-refractivity contribution in [3.8, 4) is 5.75 Å². The van der Waals surface area contributed by atoms with Gasteiger partial charge in [0.15, 0.2) is 6.35 Å². The van der Waals surface area contributed by atoms with E-state index >= 15 is 0 Å². The van der Waals surface area contributed by atoms with Crippen LogP contribution in [0.3, 0.4) is 0 Å².